The SMILES string of the molecule is CC1(C)CC[C@]2(C)CC[C@]3(C)C(=C[C@@H](O)[C@@H]4[C@@]5(C)CC[C@H](O)C(C)(C)[C@H]5CC[C@]43C)[C@@H]2C1. The zero-order valence-corrected chi connectivity index (χ0v) is 22.2. The van der Waals surface area contributed by atoms with Gasteiger partial charge in [0, 0.05) is 5.92 Å². The first kappa shape index (κ1) is 23.4. The molecule has 2 nitrogen and oxygen atoms in total. The molecule has 0 aliphatic heterocycles. The van der Waals surface area contributed by atoms with Gasteiger partial charge in [-0.1, -0.05) is 67.0 Å². The second-order valence-corrected chi connectivity index (χ2v) is 15.4. The molecule has 0 amide bonds. The summed E-state index contributed by atoms with van der Waals surface area (Å²) in [6.07, 6.45) is 12.7. The number of hydrogen-bond donors (Lipinski definition) is 2. The largest absolute Gasteiger partial charge is 0.393 e. The molecule has 32 heavy (non-hydrogen) atoms. The van der Waals surface area contributed by atoms with Crippen molar-refractivity contribution in [3.8, 4) is 0 Å². The lowest BCUT2D eigenvalue weighted by atomic mass is 9.33. The van der Waals surface area contributed by atoms with Crippen molar-refractivity contribution in [2.75, 3.05) is 0 Å². The lowest BCUT2D eigenvalue weighted by Gasteiger charge is -2.72. The molecule has 0 aromatic carbocycles. The first-order chi connectivity index (χ1) is 14.6. The third-order valence-corrected chi connectivity index (χ3v) is 13.0. The van der Waals surface area contributed by atoms with Crippen LogP contribution in [-0.2, 0) is 0 Å². The van der Waals surface area contributed by atoms with Crippen LogP contribution in [0.1, 0.15) is 113 Å². The van der Waals surface area contributed by atoms with Crippen molar-refractivity contribution in [3.63, 3.8) is 0 Å². The summed E-state index contributed by atoms with van der Waals surface area (Å²) < 4.78 is 0. The molecule has 5 aliphatic rings. The average Bonchev–Trinajstić information content (AvgIpc) is 2.68. The van der Waals surface area contributed by atoms with Gasteiger partial charge in [-0.2, -0.15) is 0 Å². The van der Waals surface area contributed by atoms with E-state index in [4.69, 9.17) is 0 Å². The molecule has 4 fully saturated rings. The van der Waals surface area contributed by atoms with E-state index in [1.807, 2.05) is 0 Å². The van der Waals surface area contributed by atoms with Crippen LogP contribution in [0.4, 0.5) is 0 Å². The van der Waals surface area contributed by atoms with Crippen molar-refractivity contribution >= 4 is 0 Å². The van der Waals surface area contributed by atoms with Gasteiger partial charge in [0.15, 0.2) is 0 Å². The molecule has 0 aromatic rings. The molecule has 2 N–H and O–H groups in total. The molecule has 5 rings (SSSR count). The minimum atomic E-state index is -0.352. The Morgan fingerprint density at radius 3 is 2.12 bits per heavy atom. The summed E-state index contributed by atoms with van der Waals surface area (Å²) >= 11 is 0. The summed E-state index contributed by atoms with van der Waals surface area (Å²) in [5, 5.41) is 22.8. The molecule has 0 radical (unpaired) electrons. The zero-order valence-electron chi connectivity index (χ0n) is 22.2. The molecule has 0 bridgehead atoms. The summed E-state index contributed by atoms with van der Waals surface area (Å²) in [5.41, 5.74) is 2.76. The van der Waals surface area contributed by atoms with Gasteiger partial charge in [-0.15, -0.1) is 0 Å². The molecule has 2 heteroatoms. The van der Waals surface area contributed by atoms with Gasteiger partial charge in [0.25, 0.3) is 0 Å². The van der Waals surface area contributed by atoms with Crippen LogP contribution in [0, 0.1) is 50.2 Å². The number of aliphatic hydroxyl groups excluding tert-OH is 2. The lowest BCUT2D eigenvalue weighted by Crippen LogP contribution is -2.67. The van der Waals surface area contributed by atoms with E-state index in [9.17, 15) is 10.2 Å². The smallest absolute Gasteiger partial charge is 0.0762 e. The Morgan fingerprint density at radius 2 is 1.44 bits per heavy atom. The highest BCUT2D eigenvalue weighted by atomic mass is 16.3. The molecular weight excluding hydrogens is 392 g/mol. The lowest BCUT2D eigenvalue weighted by molar-refractivity contribution is -0.224. The molecule has 0 spiro atoms. The Morgan fingerprint density at radius 1 is 0.781 bits per heavy atom. The quantitative estimate of drug-likeness (QED) is 0.391. The second kappa shape index (κ2) is 6.66. The third-order valence-electron chi connectivity index (χ3n) is 13.0. The molecule has 0 aromatic heterocycles. The first-order valence-electron chi connectivity index (χ1n) is 13.7. The van der Waals surface area contributed by atoms with E-state index in [0.29, 0.717) is 22.7 Å². The van der Waals surface area contributed by atoms with Crippen molar-refractivity contribution in [1.29, 1.82) is 0 Å². The van der Waals surface area contributed by atoms with E-state index in [1.54, 1.807) is 5.57 Å². The topological polar surface area (TPSA) is 40.5 Å². The summed E-state index contributed by atoms with van der Waals surface area (Å²) in [6, 6.07) is 0. The van der Waals surface area contributed by atoms with E-state index < -0.39 is 0 Å². The summed E-state index contributed by atoms with van der Waals surface area (Å²) in [7, 11) is 0. The Labute approximate surface area is 197 Å². The average molecular weight is 443 g/mol. The number of fused-ring (bicyclic) bond motifs is 7. The predicted molar refractivity (Wildman–Crippen MR) is 132 cm³/mol. The molecule has 0 unspecified atom stereocenters. The van der Waals surface area contributed by atoms with Crippen LogP contribution >= 0.6 is 0 Å². The van der Waals surface area contributed by atoms with Crippen LogP contribution in [0.2, 0.25) is 0 Å². The molecule has 9 atom stereocenters. The fourth-order valence-electron chi connectivity index (χ4n) is 10.6. The van der Waals surface area contributed by atoms with E-state index in [2.05, 4.69) is 61.5 Å². The molecule has 0 heterocycles. The molecule has 182 valence electrons. The van der Waals surface area contributed by atoms with Gasteiger partial charge in [-0.05, 0) is 102 Å². The minimum absolute atomic E-state index is 0.0719. The highest BCUT2D eigenvalue weighted by molar-refractivity contribution is 5.35. The van der Waals surface area contributed by atoms with Crippen molar-refractivity contribution in [3.05, 3.63) is 11.6 Å². The Hall–Kier alpha value is -0.340. The maximum absolute atomic E-state index is 11.9. The fourth-order valence-corrected chi connectivity index (χ4v) is 10.6. The Balaban J connectivity index is 1.62. The van der Waals surface area contributed by atoms with Crippen LogP contribution in [0.15, 0.2) is 11.6 Å². The highest BCUT2D eigenvalue weighted by Gasteiger charge is 2.69. The fraction of sp³-hybridized carbons (Fsp3) is 0.933. The summed E-state index contributed by atoms with van der Waals surface area (Å²) in [6.45, 7) is 19.7. The maximum atomic E-state index is 11.9. The molecule has 4 saturated carbocycles. The van der Waals surface area contributed by atoms with E-state index in [0.717, 1.165) is 12.8 Å². The van der Waals surface area contributed by atoms with Gasteiger partial charge in [-0.3, -0.25) is 0 Å². The van der Waals surface area contributed by atoms with Gasteiger partial charge in [0.1, 0.15) is 0 Å². The van der Waals surface area contributed by atoms with Crippen molar-refractivity contribution in [2.45, 2.75) is 125 Å². The second-order valence-electron chi connectivity index (χ2n) is 15.4. The molecular formula is C30H50O2. The van der Waals surface area contributed by atoms with E-state index in [-0.39, 0.29) is 39.8 Å². The summed E-state index contributed by atoms with van der Waals surface area (Å²) in [5.74, 6) is 1.38. The minimum Gasteiger partial charge on any atom is -0.393 e. The molecule has 0 saturated heterocycles. The van der Waals surface area contributed by atoms with Gasteiger partial charge in [0.2, 0.25) is 0 Å². The van der Waals surface area contributed by atoms with Crippen LogP contribution in [0.5, 0.6) is 0 Å². The predicted octanol–water partition coefficient (Wildman–Crippen LogP) is 7.14. The number of rotatable bonds is 0. The first-order valence-corrected chi connectivity index (χ1v) is 13.7. The Bertz CT molecular complexity index is 825. The van der Waals surface area contributed by atoms with Crippen LogP contribution in [0.3, 0.4) is 0 Å². The van der Waals surface area contributed by atoms with Crippen molar-refractivity contribution in [2.24, 2.45) is 50.2 Å². The normalized spacial score (nSPS) is 56.2. The van der Waals surface area contributed by atoms with E-state index >= 15 is 0 Å². The van der Waals surface area contributed by atoms with Gasteiger partial charge < -0.3 is 10.2 Å². The van der Waals surface area contributed by atoms with E-state index in [1.165, 1.54) is 44.9 Å². The third kappa shape index (κ3) is 2.78. The maximum Gasteiger partial charge on any atom is 0.0762 e. The van der Waals surface area contributed by atoms with Crippen molar-refractivity contribution in [1.82, 2.24) is 0 Å². The van der Waals surface area contributed by atoms with Gasteiger partial charge >= 0.3 is 0 Å². The van der Waals surface area contributed by atoms with Gasteiger partial charge in [-0.25, -0.2) is 0 Å². The zero-order chi connectivity index (χ0) is 23.5. The van der Waals surface area contributed by atoms with Crippen LogP contribution in [-0.4, -0.2) is 22.4 Å². The van der Waals surface area contributed by atoms with Gasteiger partial charge in [0.05, 0.1) is 12.2 Å². The summed E-state index contributed by atoms with van der Waals surface area (Å²) in [4.78, 5) is 0. The van der Waals surface area contributed by atoms with Crippen molar-refractivity contribution < 1.29 is 10.2 Å². The number of allylic oxidation sites excluding steroid dienone is 1. The standard InChI is InChI=1S/C30H50O2/c1-25(2)13-14-27(5)15-16-29(7)19(20(27)18-25)17-21(31)24-28(6)11-10-23(32)26(3,4)22(28)9-12-30(24,29)8/h17,20-24,31-32H,9-16,18H2,1-8H3/t20-,21+,22+,23-,24+,27+,28-,29+,30+/m0/s1. The van der Waals surface area contributed by atoms with Crippen LogP contribution < -0.4 is 0 Å². The number of aliphatic hydroxyl groups is 2. The molecule has 5 aliphatic carbocycles. The van der Waals surface area contributed by atoms with Crippen LogP contribution in [0.25, 0.3) is 0 Å². The number of hydrogen-bond acceptors (Lipinski definition) is 2. The highest BCUT2D eigenvalue weighted by Crippen LogP contribution is 2.75. The monoisotopic (exact) mass is 442 g/mol. The Kier molecular flexibility index (Phi) is 4.87.